The molecule has 0 radical (unpaired) electrons. The van der Waals surface area contributed by atoms with Crippen LogP contribution in [0, 0.1) is 22.9 Å². The number of nitrogens with one attached hydrogen (secondary N) is 1. The average Bonchev–Trinajstić information content (AvgIpc) is 2.46. The van der Waals surface area contributed by atoms with Crippen LogP contribution in [-0.2, 0) is 6.54 Å². The van der Waals surface area contributed by atoms with Gasteiger partial charge in [-0.1, -0.05) is 12.1 Å². The van der Waals surface area contributed by atoms with Crippen molar-refractivity contribution >= 4 is 11.4 Å². The zero-order chi connectivity index (χ0) is 15.4. The van der Waals surface area contributed by atoms with Crippen LogP contribution in [0.5, 0.6) is 5.75 Å². The number of hydrogen-bond donors (Lipinski definition) is 1. The lowest BCUT2D eigenvalue weighted by molar-refractivity contribution is -0.384. The molecule has 0 fully saturated rings. The highest BCUT2D eigenvalue weighted by Gasteiger charge is 2.14. The van der Waals surface area contributed by atoms with E-state index in [2.05, 4.69) is 5.32 Å². The largest absolute Gasteiger partial charge is 0.496 e. The second kappa shape index (κ2) is 6.21. The number of nitrogens with zero attached hydrogens (tertiary/aromatic N) is 1. The maximum absolute atomic E-state index is 13.1. The molecule has 2 aromatic rings. The van der Waals surface area contributed by atoms with E-state index in [0.717, 1.165) is 22.9 Å². The fourth-order valence-electron chi connectivity index (χ4n) is 2.05. The lowest BCUT2D eigenvalue weighted by Gasteiger charge is -2.10. The third kappa shape index (κ3) is 3.47. The van der Waals surface area contributed by atoms with E-state index in [1.807, 2.05) is 25.1 Å². The van der Waals surface area contributed by atoms with Gasteiger partial charge in [0.15, 0.2) is 0 Å². The Morgan fingerprint density at radius 2 is 2.05 bits per heavy atom. The molecular weight excluding hydrogens is 275 g/mol. The van der Waals surface area contributed by atoms with Gasteiger partial charge < -0.3 is 10.1 Å². The van der Waals surface area contributed by atoms with Gasteiger partial charge >= 0.3 is 0 Å². The molecule has 0 atom stereocenters. The minimum absolute atomic E-state index is 0.278. The van der Waals surface area contributed by atoms with Crippen LogP contribution >= 0.6 is 0 Å². The highest BCUT2D eigenvalue weighted by Crippen LogP contribution is 2.26. The number of benzene rings is 2. The molecule has 21 heavy (non-hydrogen) atoms. The molecule has 1 N–H and O–H groups in total. The van der Waals surface area contributed by atoms with Crippen LogP contribution in [-0.4, -0.2) is 12.0 Å². The molecule has 0 spiro atoms. The highest BCUT2D eigenvalue weighted by atomic mass is 19.1. The van der Waals surface area contributed by atoms with Gasteiger partial charge in [-0.05, 0) is 36.2 Å². The Hall–Kier alpha value is -2.63. The molecule has 0 saturated heterocycles. The second-order valence-electron chi connectivity index (χ2n) is 4.58. The van der Waals surface area contributed by atoms with Crippen LogP contribution < -0.4 is 10.1 Å². The van der Waals surface area contributed by atoms with E-state index in [9.17, 15) is 14.5 Å². The summed E-state index contributed by atoms with van der Waals surface area (Å²) in [6.07, 6.45) is 0. The van der Waals surface area contributed by atoms with Crippen molar-refractivity contribution in [2.75, 3.05) is 12.4 Å². The van der Waals surface area contributed by atoms with Crippen LogP contribution in [0.1, 0.15) is 11.1 Å². The van der Waals surface area contributed by atoms with Crippen LogP contribution in [0.15, 0.2) is 36.4 Å². The summed E-state index contributed by atoms with van der Waals surface area (Å²) in [5.74, 6) is 0.152. The molecule has 5 nitrogen and oxygen atoms in total. The van der Waals surface area contributed by atoms with Gasteiger partial charge in [-0.15, -0.1) is 0 Å². The monoisotopic (exact) mass is 290 g/mol. The number of hydrogen-bond acceptors (Lipinski definition) is 4. The van der Waals surface area contributed by atoms with Gasteiger partial charge in [0.05, 0.1) is 18.1 Å². The van der Waals surface area contributed by atoms with Gasteiger partial charge in [-0.25, -0.2) is 4.39 Å². The van der Waals surface area contributed by atoms with Crippen molar-refractivity contribution in [3.63, 3.8) is 0 Å². The molecule has 2 rings (SSSR count). The Kier molecular flexibility index (Phi) is 4.37. The Balaban J connectivity index is 2.16. The minimum Gasteiger partial charge on any atom is -0.496 e. The summed E-state index contributed by atoms with van der Waals surface area (Å²) in [5.41, 5.74) is 1.94. The van der Waals surface area contributed by atoms with Gasteiger partial charge in [0.1, 0.15) is 17.3 Å². The minimum atomic E-state index is -0.632. The van der Waals surface area contributed by atoms with E-state index in [1.54, 1.807) is 7.11 Å². The summed E-state index contributed by atoms with van der Waals surface area (Å²) in [4.78, 5) is 10.3. The summed E-state index contributed by atoms with van der Waals surface area (Å²) in [6, 6.07) is 9.10. The molecule has 110 valence electrons. The molecule has 0 aromatic heterocycles. The van der Waals surface area contributed by atoms with E-state index in [1.165, 1.54) is 12.1 Å². The number of aryl methyl sites for hydroxylation is 1. The molecule has 0 aliphatic carbocycles. The number of ether oxygens (including phenoxy) is 1. The Morgan fingerprint density at radius 3 is 2.67 bits per heavy atom. The van der Waals surface area contributed by atoms with E-state index < -0.39 is 10.7 Å². The Bertz CT molecular complexity index is 674. The second-order valence-corrected chi connectivity index (χ2v) is 4.58. The maximum atomic E-state index is 13.1. The summed E-state index contributed by atoms with van der Waals surface area (Å²) >= 11 is 0. The summed E-state index contributed by atoms with van der Waals surface area (Å²) in [7, 11) is 1.60. The van der Waals surface area contributed by atoms with Crippen LogP contribution in [0.4, 0.5) is 15.8 Å². The molecule has 0 aliphatic rings. The zero-order valence-electron chi connectivity index (χ0n) is 11.7. The van der Waals surface area contributed by atoms with Crippen LogP contribution in [0.25, 0.3) is 0 Å². The summed E-state index contributed by atoms with van der Waals surface area (Å²) in [6.45, 7) is 2.32. The molecule has 2 aromatic carbocycles. The molecule has 0 saturated carbocycles. The van der Waals surface area contributed by atoms with E-state index in [-0.39, 0.29) is 11.4 Å². The lowest BCUT2D eigenvalue weighted by atomic mass is 10.1. The molecule has 0 heterocycles. The standard InChI is InChI=1S/C15H15FN2O3/c1-10-7-11(3-6-15(10)21-2)9-17-13-5-4-12(16)8-14(13)18(19)20/h3-8,17H,9H2,1-2H3. The van der Waals surface area contributed by atoms with Crippen molar-refractivity contribution in [2.24, 2.45) is 0 Å². The number of nitro benzene ring substituents is 1. The van der Waals surface area contributed by atoms with Gasteiger partial charge in [0, 0.05) is 6.54 Å². The van der Waals surface area contributed by atoms with Crippen LogP contribution in [0.2, 0.25) is 0 Å². The van der Waals surface area contributed by atoms with Crippen molar-refractivity contribution in [1.82, 2.24) is 0 Å². The molecule has 0 unspecified atom stereocenters. The van der Waals surface area contributed by atoms with Crippen molar-refractivity contribution in [3.8, 4) is 5.75 Å². The maximum Gasteiger partial charge on any atom is 0.295 e. The summed E-state index contributed by atoms with van der Waals surface area (Å²) in [5, 5.41) is 13.9. The first-order valence-electron chi connectivity index (χ1n) is 6.32. The number of anilines is 1. The van der Waals surface area contributed by atoms with Crippen LogP contribution in [0.3, 0.4) is 0 Å². The first kappa shape index (κ1) is 14.8. The normalized spacial score (nSPS) is 10.2. The zero-order valence-corrected chi connectivity index (χ0v) is 11.7. The Morgan fingerprint density at radius 1 is 1.29 bits per heavy atom. The molecular formula is C15H15FN2O3. The molecule has 0 aliphatic heterocycles. The number of nitro groups is 1. The number of methoxy groups -OCH3 is 1. The van der Waals surface area contributed by atoms with Gasteiger partial charge in [0.2, 0.25) is 0 Å². The van der Waals surface area contributed by atoms with Gasteiger partial charge in [-0.3, -0.25) is 10.1 Å². The van der Waals surface area contributed by atoms with Crippen molar-refractivity contribution < 1.29 is 14.1 Å². The van der Waals surface area contributed by atoms with E-state index >= 15 is 0 Å². The Labute approximate surface area is 121 Å². The van der Waals surface area contributed by atoms with Crippen molar-refractivity contribution in [2.45, 2.75) is 13.5 Å². The van der Waals surface area contributed by atoms with Crippen molar-refractivity contribution in [3.05, 3.63) is 63.5 Å². The molecule has 6 heteroatoms. The van der Waals surface area contributed by atoms with Gasteiger partial charge in [-0.2, -0.15) is 0 Å². The highest BCUT2D eigenvalue weighted by molar-refractivity contribution is 5.61. The third-order valence-electron chi connectivity index (χ3n) is 3.10. The smallest absolute Gasteiger partial charge is 0.295 e. The van der Waals surface area contributed by atoms with Gasteiger partial charge in [0.25, 0.3) is 5.69 Å². The predicted octanol–water partition coefficient (Wildman–Crippen LogP) is 3.66. The average molecular weight is 290 g/mol. The first-order chi connectivity index (χ1) is 10.0. The van der Waals surface area contributed by atoms with E-state index in [0.29, 0.717) is 6.54 Å². The molecule has 0 bridgehead atoms. The number of rotatable bonds is 5. The molecule has 0 amide bonds. The third-order valence-corrected chi connectivity index (χ3v) is 3.10. The fraction of sp³-hybridized carbons (Fsp3) is 0.200. The van der Waals surface area contributed by atoms with E-state index in [4.69, 9.17) is 4.74 Å². The van der Waals surface area contributed by atoms with Crippen molar-refractivity contribution in [1.29, 1.82) is 0 Å². The SMILES string of the molecule is COc1ccc(CNc2ccc(F)cc2[N+](=O)[O-])cc1C. The quantitative estimate of drug-likeness (QED) is 0.674. The lowest BCUT2D eigenvalue weighted by Crippen LogP contribution is -2.03. The predicted molar refractivity (Wildman–Crippen MR) is 78.1 cm³/mol. The fourth-order valence-corrected chi connectivity index (χ4v) is 2.05. The topological polar surface area (TPSA) is 64.4 Å². The number of halogens is 1. The first-order valence-corrected chi connectivity index (χ1v) is 6.32. The summed E-state index contributed by atoms with van der Waals surface area (Å²) < 4.78 is 18.2.